The number of aromatic nitrogens is 1. The number of hydrogen-bond donors (Lipinski definition) is 2. The molecule has 0 unspecified atom stereocenters. The summed E-state index contributed by atoms with van der Waals surface area (Å²) in [5.74, 6) is 2.69. The van der Waals surface area contributed by atoms with Crippen LogP contribution in [-0.2, 0) is 25.8 Å². The molecule has 0 aliphatic rings. The zero-order valence-corrected chi connectivity index (χ0v) is 19.1. The lowest BCUT2D eigenvalue weighted by Gasteiger charge is -2.10. The molecule has 152 valence electrons. The summed E-state index contributed by atoms with van der Waals surface area (Å²) in [6, 6.07) is 10.2. The molecule has 7 heteroatoms. The SMILES string of the molecule is CCNC(=NCc1c(CC)noc1CC)NCCc1cc2ccccc2o1.I. The van der Waals surface area contributed by atoms with Gasteiger partial charge in [0.1, 0.15) is 17.1 Å². The number of guanidine groups is 1. The zero-order chi connectivity index (χ0) is 19.1. The zero-order valence-electron chi connectivity index (χ0n) is 16.7. The van der Waals surface area contributed by atoms with Crippen molar-refractivity contribution in [2.45, 2.75) is 46.6 Å². The molecule has 6 nitrogen and oxygen atoms in total. The minimum absolute atomic E-state index is 0. The van der Waals surface area contributed by atoms with Gasteiger partial charge in [0.05, 0.1) is 12.2 Å². The number of nitrogens with zero attached hydrogens (tertiary/aromatic N) is 2. The quantitative estimate of drug-likeness (QED) is 0.274. The molecule has 0 fully saturated rings. The van der Waals surface area contributed by atoms with Gasteiger partial charge in [0, 0.05) is 36.9 Å². The van der Waals surface area contributed by atoms with Crippen molar-refractivity contribution in [3.05, 3.63) is 53.1 Å². The van der Waals surface area contributed by atoms with Gasteiger partial charge in [0.2, 0.25) is 0 Å². The standard InChI is InChI=1S/C21H28N4O2.HI/c1-4-18-17(19(5-2)27-25-18)14-24-21(22-6-3)23-12-11-16-13-15-9-7-8-10-20(15)26-16;/h7-10,13H,4-6,11-12,14H2,1-3H3,(H2,22,23,24);1H. The number of para-hydroxylation sites is 1. The second kappa shape index (κ2) is 11.1. The first-order chi connectivity index (χ1) is 13.2. The summed E-state index contributed by atoms with van der Waals surface area (Å²) >= 11 is 0. The fourth-order valence-corrected chi connectivity index (χ4v) is 3.08. The summed E-state index contributed by atoms with van der Waals surface area (Å²) in [5, 5.41) is 12.0. The Kier molecular flexibility index (Phi) is 8.82. The number of nitrogens with one attached hydrogen (secondary N) is 2. The topological polar surface area (TPSA) is 75.6 Å². The Hall–Kier alpha value is -2.03. The van der Waals surface area contributed by atoms with Gasteiger partial charge >= 0.3 is 0 Å². The van der Waals surface area contributed by atoms with E-state index in [0.29, 0.717) is 6.54 Å². The molecule has 2 heterocycles. The van der Waals surface area contributed by atoms with Gasteiger partial charge in [-0.2, -0.15) is 0 Å². The predicted molar refractivity (Wildman–Crippen MR) is 123 cm³/mol. The lowest BCUT2D eigenvalue weighted by atomic mass is 10.1. The van der Waals surface area contributed by atoms with Crippen molar-refractivity contribution < 1.29 is 8.94 Å². The summed E-state index contributed by atoms with van der Waals surface area (Å²) in [6.07, 6.45) is 2.48. The van der Waals surface area contributed by atoms with Crippen molar-refractivity contribution in [1.29, 1.82) is 0 Å². The van der Waals surface area contributed by atoms with Gasteiger partial charge in [-0.15, -0.1) is 24.0 Å². The number of hydrogen-bond acceptors (Lipinski definition) is 4. The molecule has 2 N–H and O–H groups in total. The third-order valence-corrected chi connectivity index (χ3v) is 4.49. The Morgan fingerprint density at radius 3 is 2.64 bits per heavy atom. The average Bonchev–Trinajstić information content (AvgIpc) is 3.28. The number of aryl methyl sites for hydroxylation is 2. The fraction of sp³-hybridized carbons (Fsp3) is 0.429. The minimum atomic E-state index is 0. The molecule has 1 aromatic carbocycles. The number of halogens is 1. The van der Waals surface area contributed by atoms with E-state index in [1.165, 1.54) is 0 Å². The molecule has 0 spiro atoms. The molecule has 3 aromatic rings. The highest BCUT2D eigenvalue weighted by atomic mass is 127. The van der Waals surface area contributed by atoms with Crippen LogP contribution >= 0.6 is 24.0 Å². The van der Waals surface area contributed by atoms with Crippen LogP contribution in [0.2, 0.25) is 0 Å². The maximum absolute atomic E-state index is 5.87. The molecular formula is C21H29IN4O2. The van der Waals surface area contributed by atoms with Gasteiger partial charge in [-0.25, -0.2) is 4.99 Å². The Balaban J connectivity index is 0.00000280. The molecular weight excluding hydrogens is 467 g/mol. The summed E-state index contributed by atoms with van der Waals surface area (Å²) in [4.78, 5) is 4.71. The molecule has 0 saturated heterocycles. The molecule has 0 radical (unpaired) electrons. The third kappa shape index (κ3) is 5.50. The number of aliphatic imine (C=N–C) groups is 1. The highest BCUT2D eigenvalue weighted by Gasteiger charge is 2.13. The smallest absolute Gasteiger partial charge is 0.191 e. The Morgan fingerprint density at radius 2 is 1.93 bits per heavy atom. The Bertz CT molecular complexity index is 846. The van der Waals surface area contributed by atoms with Crippen LogP contribution in [0.4, 0.5) is 0 Å². The highest BCUT2D eigenvalue weighted by Crippen LogP contribution is 2.19. The van der Waals surface area contributed by atoms with Gasteiger partial charge in [-0.3, -0.25) is 0 Å². The van der Waals surface area contributed by atoms with Crippen LogP contribution in [0, 0.1) is 0 Å². The fourth-order valence-electron chi connectivity index (χ4n) is 3.08. The van der Waals surface area contributed by atoms with E-state index in [-0.39, 0.29) is 24.0 Å². The maximum atomic E-state index is 5.87. The Labute approximate surface area is 183 Å². The molecule has 0 amide bonds. The van der Waals surface area contributed by atoms with E-state index in [0.717, 1.165) is 72.1 Å². The molecule has 28 heavy (non-hydrogen) atoms. The molecule has 2 aromatic heterocycles. The van der Waals surface area contributed by atoms with Crippen molar-refractivity contribution in [2.24, 2.45) is 4.99 Å². The lowest BCUT2D eigenvalue weighted by Crippen LogP contribution is -2.38. The molecule has 0 saturated carbocycles. The molecule has 0 bridgehead atoms. The van der Waals surface area contributed by atoms with Crippen LogP contribution in [0.1, 0.15) is 43.5 Å². The van der Waals surface area contributed by atoms with E-state index >= 15 is 0 Å². The number of fused-ring (bicyclic) bond motifs is 1. The van der Waals surface area contributed by atoms with Gasteiger partial charge < -0.3 is 19.6 Å². The van der Waals surface area contributed by atoms with Crippen LogP contribution in [0.15, 0.2) is 44.3 Å². The Morgan fingerprint density at radius 1 is 1.11 bits per heavy atom. The van der Waals surface area contributed by atoms with Crippen LogP contribution in [0.5, 0.6) is 0 Å². The van der Waals surface area contributed by atoms with E-state index in [1.807, 2.05) is 18.2 Å². The maximum Gasteiger partial charge on any atom is 0.191 e. The monoisotopic (exact) mass is 496 g/mol. The third-order valence-electron chi connectivity index (χ3n) is 4.49. The average molecular weight is 496 g/mol. The summed E-state index contributed by atoms with van der Waals surface area (Å²) < 4.78 is 11.3. The van der Waals surface area contributed by atoms with Crippen LogP contribution in [-0.4, -0.2) is 24.2 Å². The molecule has 0 atom stereocenters. The first kappa shape index (κ1) is 22.3. The molecule has 0 aliphatic heterocycles. The van der Waals surface area contributed by atoms with Crippen LogP contribution in [0.3, 0.4) is 0 Å². The van der Waals surface area contributed by atoms with Gasteiger partial charge in [-0.05, 0) is 25.5 Å². The lowest BCUT2D eigenvalue weighted by molar-refractivity contribution is 0.380. The van der Waals surface area contributed by atoms with Crippen molar-refractivity contribution in [1.82, 2.24) is 15.8 Å². The van der Waals surface area contributed by atoms with Gasteiger partial charge in [0.25, 0.3) is 0 Å². The van der Waals surface area contributed by atoms with Crippen LogP contribution < -0.4 is 10.6 Å². The van der Waals surface area contributed by atoms with E-state index in [4.69, 9.17) is 13.9 Å². The van der Waals surface area contributed by atoms with Crippen LogP contribution in [0.25, 0.3) is 11.0 Å². The van der Waals surface area contributed by atoms with E-state index in [2.05, 4.69) is 48.7 Å². The minimum Gasteiger partial charge on any atom is -0.461 e. The summed E-state index contributed by atoms with van der Waals surface area (Å²) in [7, 11) is 0. The van der Waals surface area contributed by atoms with E-state index in [1.54, 1.807) is 0 Å². The second-order valence-electron chi connectivity index (χ2n) is 6.36. The summed E-state index contributed by atoms with van der Waals surface area (Å²) in [6.45, 7) is 8.34. The predicted octanol–water partition coefficient (Wildman–Crippen LogP) is 4.46. The van der Waals surface area contributed by atoms with E-state index in [9.17, 15) is 0 Å². The van der Waals surface area contributed by atoms with Crippen molar-refractivity contribution in [2.75, 3.05) is 13.1 Å². The molecule has 0 aliphatic carbocycles. The van der Waals surface area contributed by atoms with E-state index < -0.39 is 0 Å². The van der Waals surface area contributed by atoms with Crippen molar-refractivity contribution >= 4 is 40.9 Å². The van der Waals surface area contributed by atoms with Gasteiger partial charge in [0.15, 0.2) is 5.96 Å². The largest absolute Gasteiger partial charge is 0.461 e. The van der Waals surface area contributed by atoms with Gasteiger partial charge in [-0.1, -0.05) is 37.2 Å². The number of benzene rings is 1. The number of rotatable bonds is 8. The van der Waals surface area contributed by atoms with Crippen molar-refractivity contribution in [3.8, 4) is 0 Å². The summed E-state index contributed by atoms with van der Waals surface area (Å²) in [5.41, 5.74) is 3.03. The second-order valence-corrected chi connectivity index (χ2v) is 6.36. The molecule has 3 rings (SSSR count). The number of furan rings is 1. The first-order valence-corrected chi connectivity index (χ1v) is 9.71. The normalized spacial score (nSPS) is 11.5. The highest BCUT2D eigenvalue weighted by molar-refractivity contribution is 14.0. The first-order valence-electron chi connectivity index (χ1n) is 9.71. The van der Waals surface area contributed by atoms with Crippen molar-refractivity contribution in [3.63, 3.8) is 0 Å².